The summed E-state index contributed by atoms with van der Waals surface area (Å²) in [6.45, 7) is 1.81. The van der Waals surface area contributed by atoms with E-state index in [4.69, 9.17) is 23.2 Å². The summed E-state index contributed by atoms with van der Waals surface area (Å²) in [5.41, 5.74) is 1.62. The van der Waals surface area contributed by atoms with Crippen molar-refractivity contribution >= 4 is 34.8 Å². The molecule has 0 aliphatic rings. The highest BCUT2D eigenvalue weighted by Crippen LogP contribution is 2.23. The number of hydrogen-bond acceptors (Lipinski definition) is 2. The second kappa shape index (κ2) is 5.38. The van der Waals surface area contributed by atoms with Gasteiger partial charge in [-0.15, -0.1) is 0 Å². The van der Waals surface area contributed by atoms with Crippen LogP contribution in [-0.2, 0) is 0 Å². The highest BCUT2D eigenvalue weighted by molar-refractivity contribution is 6.35. The van der Waals surface area contributed by atoms with Gasteiger partial charge in [0.15, 0.2) is 0 Å². The van der Waals surface area contributed by atoms with E-state index in [1.807, 2.05) is 6.92 Å². The molecule has 18 heavy (non-hydrogen) atoms. The van der Waals surface area contributed by atoms with Crippen molar-refractivity contribution < 1.29 is 4.79 Å². The van der Waals surface area contributed by atoms with Gasteiger partial charge in [-0.1, -0.05) is 35.3 Å². The fourth-order valence-corrected chi connectivity index (χ4v) is 1.92. The maximum absolute atomic E-state index is 12.0. The Morgan fingerprint density at radius 2 is 1.94 bits per heavy atom. The molecule has 1 amide bonds. The van der Waals surface area contributed by atoms with Crippen LogP contribution in [0, 0.1) is 6.92 Å². The molecule has 92 valence electrons. The van der Waals surface area contributed by atoms with E-state index in [0.29, 0.717) is 21.3 Å². The maximum Gasteiger partial charge on any atom is 0.258 e. The SMILES string of the molecule is Cc1cc(Cl)c(C(=O)Nc2ccccc2Cl)cn1. The minimum atomic E-state index is -0.333. The molecule has 1 N–H and O–H groups in total. The number of rotatable bonds is 2. The molecule has 2 rings (SSSR count). The molecular weight excluding hydrogens is 271 g/mol. The average molecular weight is 281 g/mol. The number of halogens is 2. The predicted octanol–water partition coefficient (Wildman–Crippen LogP) is 3.95. The number of aromatic nitrogens is 1. The van der Waals surface area contributed by atoms with Crippen LogP contribution >= 0.6 is 23.2 Å². The van der Waals surface area contributed by atoms with Gasteiger partial charge >= 0.3 is 0 Å². The third kappa shape index (κ3) is 2.81. The zero-order chi connectivity index (χ0) is 13.1. The van der Waals surface area contributed by atoms with E-state index in [2.05, 4.69) is 10.3 Å². The molecule has 0 radical (unpaired) electrons. The molecule has 0 spiro atoms. The van der Waals surface area contributed by atoms with E-state index in [9.17, 15) is 4.79 Å². The van der Waals surface area contributed by atoms with Gasteiger partial charge in [-0.3, -0.25) is 9.78 Å². The lowest BCUT2D eigenvalue weighted by molar-refractivity contribution is 0.102. The molecule has 0 unspecified atom stereocenters. The van der Waals surface area contributed by atoms with Gasteiger partial charge in [-0.25, -0.2) is 0 Å². The Morgan fingerprint density at radius 3 is 2.61 bits per heavy atom. The van der Waals surface area contributed by atoms with Crippen molar-refractivity contribution in [2.45, 2.75) is 6.92 Å². The van der Waals surface area contributed by atoms with Crippen LogP contribution in [-0.4, -0.2) is 10.9 Å². The van der Waals surface area contributed by atoms with E-state index in [-0.39, 0.29) is 5.91 Å². The van der Waals surface area contributed by atoms with Crippen LogP contribution < -0.4 is 5.32 Å². The van der Waals surface area contributed by atoms with E-state index in [1.165, 1.54) is 6.20 Å². The number of nitrogens with zero attached hydrogens (tertiary/aromatic N) is 1. The summed E-state index contributed by atoms with van der Waals surface area (Å²) >= 11 is 12.0. The first kappa shape index (κ1) is 12.9. The smallest absolute Gasteiger partial charge is 0.258 e. The average Bonchev–Trinajstić information content (AvgIpc) is 2.32. The Kier molecular flexibility index (Phi) is 3.84. The third-order valence-corrected chi connectivity index (χ3v) is 3.00. The fourth-order valence-electron chi connectivity index (χ4n) is 1.45. The number of anilines is 1. The van der Waals surface area contributed by atoms with Gasteiger partial charge in [0.25, 0.3) is 5.91 Å². The van der Waals surface area contributed by atoms with Gasteiger partial charge in [0, 0.05) is 11.9 Å². The number of amides is 1. The summed E-state index contributed by atoms with van der Waals surface area (Å²) < 4.78 is 0. The summed E-state index contributed by atoms with van der Waals surface area (Å²) in [7, 11) is 0. The molecule has 5 heteroatoms. The molecule has 0 fully saturated rings. The number of nitrogens with one attached hydrogen (secondary N) is 1. The van der Waals surface area contributed by atoms with E-state index in [0.717, 1.165) is 5.69 Å². The molecule has 1 heterocycles. The minimum absolute atomic E-state index is 0.321. The van der Waals surface area contributed by atoms with E-state index < -0.39 is 0 Å². The van der Waals surface area contributed by atoms with E-state index >= 15 is 0 Å². The van der Waals surface area contributed by atoms with Gasteiger partial charge in [-0.2, -0.15) is 0 Å². The topological polar surface area (TPSA) is 42.0 Å². The number of para-hydroxylation sites is 1. The lowest BCUT2D eigenvalue weighted by Gasteiger charge is -2.08. The quantitative estimate of drug-likeness (QED) is 0.905. The molecule has 1 aromatic heterocycles. The van der Waals surface area contributed by atoms with E-state index in [1.54, 1.807) is 30.3 Å². The predicted molar refractivity (Wildman–Crippen MR) is 73.4 cm³/mol. The summed E-state index contributed by atoms with van der Waals surface area (Å²) in [5, 5.41) is 3.53. The Bertz CT molecular complexity index is 599. The molecule has 0 saturated heterocycles. The zero-order valence-corrected chi connectivity index (χ0v) is 11.1. The largest absolute Gasteiger partial charge is 0.321 e. The summed E-state index contributed by atoms with van der Waals surface area (Å²) in [6.07, 6.45) is 1.45. The van der Waals surface area contributed by atoms with Crippen molar-refractivity contribution in [1.82, 2.24) is 4.98 Å². The van der Waals surface area contributed by atoms with Crippen LogP contribution in [0.2, 0.25) is 10.0 Å². The van der Waals surface area contributed by atoms with Crippen molar-refractivity contribution in [3.8, 4) is 0 Å². The summed E-state index contributed by atoms with van der Waals surface area (Å²) in [4.78, 5) is 16.1. The van der Waals surface area contributed by atoms with Gasteiger partial charge in [0.05, 0.1) is 21.3 Å². The first-order valence-electron chi connectivity index (χ1n) is 5.26. The first-order chi connectivity index (χ1) is 8.58. The normalized spacial score (nSPS) is 10.2. The Balaban J connectivity index is 2.25. The lowest BCUT2D eigenvalue weighted by Crippen LogP contribution is -2.13. The molecule has 0 aliphatic carbocycles. The molecule has 3 nitrogen and oxygen atoms in total. The van der Waals surface area contributed by atoms with Crippen LogP contribution in [0.3, 0.4) is 0 Å². The van der Waals surface area contributed by atoms with Crippen molar-refractivity contribution in [2.75, 3.05) is 5.32 Å². The zero-order valence-electron chi connectivity index (χ0n) is 9.58. The van der Waals surface area contributed by atoms with Crippen molar-refractivity contribution in [2.24, 2.45) is 0 Å². The van der Waals surface area contributed by atoms with Gasteiger partial charge in [0.2, 0.25) is 0 Å². The maximum atomic E-state index is 12.0. The van der Waals surface area contributed by atoms with Gasteiger partial charge < -0.3 is 5.32 Å². The number of carbonyl (C=O) groups is 1. The molecule has 0 bridgehead atoms. The number of benzene rings is 1. The first-order valence-corrected chi connectivity index (χ1v) is 6.01. The molecule has 0 saturated carbocycles. The number of carbonyl (C=O) groups excluding carboxylic acids is 1. The highest BCUT2D eigenvalue weighted by Gasteiger charge is 2.12. The van der Waals surface area contributed by atoms with Crippen LogP contribution in [0.25, 0.3) is 0 Å². The van der Waals surface area contributed by atoms with Crippen molar-refractivity contribution in [3.63, 3.8) is 0 Å². The molecular formula is C13H10Cl2N2O. The standard InChI is InChI=1S/C13H10Cl2N2O/c1-8-6-11(15)9(7-16-8)13(18)17-12-5-3-2-4-10(12)14/h2-7H,1H3,(H,17,18). The van der Waals surface area contributed by atoms with Crippen LogP contribution in [0.4, 0.5) is 5.69 Å². The number of aryl methyl sites for hydroxylation is 1. The molecule has 2 aromatic rings. The third-order valence-electron chi connectivity index (χ3n) is 2.36. The van der Waals surface area contributed by atoms with Crippen LogP contribution in [0.1, 0.15) is 16.1 Å². The summed E-state index contributed by atoms with van der Waals surface area (Å²) in [6, 6.07) is 8.64. The van der Waals surface area contributed by atoms with Gasteiger partial charge in [0.1, 0.15) is 0 Å². The van der Waals surface area contributed by atoms with Crippen molar-refractivity contribution in [1.29, 1.82) is 0 Å². The monoisotopic (exact) mass is 280 g/mol. The number of hydrogen-bond donors (Lipinski definition) is 1. The van der Waals surface area contributed by atoms with Gasteiger partial charge in [-0.05, 0) is 25.1 Å². The second-order valence-corrected chi connectivity index (χ2v) is 4.55. The van der Waals surface area contributed by atoms with Crippen LogP contribution in [0.5, 0.6) is 0 Å². The molecule has 0 atom stereocenters. The second-order valence-electron chi connectivity index (χ2n) is 3.74. The summed E-state index contributed by atoms with van der Waals surface area (Å²) in [5.74, 6) is -0.333. The Hall–Kier alpha value is -1.58. The van der Waals surface area contributed by atoms with Crippen molar-refractivity contribution in [3.05, 3.63) is 57.8 Å². The molecule has 0 aliphatic heterocycles. The lowest BCUT2D eigenvalue weighted by atomic mass is 10.2. The minimum Gasteiger partial charge on any atom is -0.321 e. The number of pyridine rings is 1. The molecule has 1 aromatic carbocycles. The fraction of sp³-hybridized carbons (Fsp3) is 0.0769. The Morgan fingerprint density at radius 1 is 1.22 bits per heavy atom. The highest BCUT2D eigenvalue weighted by atomic mass is 35.5. The Labute approximate surface area is 115 Å². The van der Waals surface area contributed by atoms with Crippen LogP contribution in [0.15, 0.2) is 36.5 Å².